The summed E-state index contributed by atoms with van der Waals surface area (Å²) in [6, 6.07) is 8.79. The molecule has 1 aliphatic rings. The number of hydrogen-bond acceptors (Lipinski definition) is 3. The molecule has 82 valence electrons. The van der Waals surface area contributed by atoms with Crippen molar-refractivity contribution in [1.82, 2.24) is 5.32 Å². The molecule has 0 spiro atoms. The predicted molar refractivity (Wildman–Crippen MR) is 59.3 cm³/mol. The number of methoxy groups -OCH3 is 1. The van der Waals surface area contributed by atoms with E-state index in [4.69, 9.17) is 9.47 Å². The van der Waals surface area contributed by atoms with Gasteiger partial charge in [0, 0.05) is 0 Å². The Labute approximate surface area is 90.4 Å². The van der Waals surface area contributed by atoms with Crippen LogP contribution in [0, 0.1) is 0 Å². The van der Waals surface area contributed by atoms with Gasteiger partial charge in [-0.15, -0.1) is 0 Å². The van der Waals surface area contributed by atoms with E-state index < -0.39 is 0 Å². The summed E-state index contributed by atoms with van der Waals surface area (Å²) in [7, 11) is 1.69. The van der Waals surface area contributed by atoms with Crippen molar-refractivity contribution in [3.63, 3.8) is 0 Å². The highest BCUT2D eigenvalue weighted by Crippen LogP contribution is 2.11. The van der Waals surface area contributed by atoms with Crippen molar-refractivity contribution in [1.29, 1.82) is 0 Å². The van der Waals surface area contributed by atoms with Crippen molar-refractivity contribution in [3.8, 4) is 5.75 Å². The van der Waals surface area contributed by atoms with E-state index in [0.717, 1.165) is 31.9 Å². The Hall–Kier alpha value is -1.06. The van der Waals surface area contributed by atoms with Crippen LogP contribution in [0.5, 0.6) is 5.75 Å². The van der Waals surface area contributed by atoms with Gasteiger partial charge in [-0.1, -0.05) is 12.1 Å². The molecule has 0 unspecified atom stereocenters. The van der Waals surface area contributed by atoms with Crippen LogP contribution in [0.2, 0.25) is 0 Å². The Morgan fingerprint density at radius 1 is 1.33 bits per heavy atom. The lowest BCUT2D eigenvalue weighted by Crippen LogP contribution is -2.46. The van der Waals surface area contributed by atoms with Crippen LogP contribution in [-0.4, -0.2) is 32.9 Å². The highest BCUT2D eigenvalue weighted by molar-refractivity contribution is 5.27. The van der Waals surface area contributed by atoms with Crippen molar-refractivity contribution >= 4 is 0 Å². The van der Waals surface area contributed by atoms with Crippen molar-refractivity contribution in [2.75, 3.05) is 26.9 Å². The van der Waals surface area contributed by atoms with Crippen molar-refractivity contribution in [2.24, 2.45) is 0 Å². The number of benzene rings is 1. The molecule has 0 aliphatic carbocycles. The second-order valence-electron chi connectivity index (χ2n) is 3.79. The Bertz CT molecular complexity index is 293. The molecule has 1 aromatic carbocycles. The molecule has 0 saturated carbocycles. The van der Waals surface area contributed by atoms with Gasteiger partial charge in [0.25, 0.3) is 0 Å². The van der Waals surface area contributed by atoms with E-state index in [9.17, 15) is 0 Å². The van der Waals surface area contributed by atoms with E-state index in [1.807, 2.05) is 12.1 Å². The molecular weight excluding hydrogens is 190 g/mol. The molecule has 3 nitrogen and oxygen atoms in total. The van der Waals surface area contributed by atoms with Crippen LogP contribution in [0.1, 0.15) is 5.56 Å². The zero-order chi connectivity index (χ0) is 10.5. The predicted octanol–water partition coefficient (Wildman–Crippen LogP) is 1.23. The lowest BCUT2D eigenvalue weighted by molar-refractivity contribution is -0.00467. The van der Waals surface area contributed by atoms with Crippen molar-refractivity contribution in [2.45, 2.75) is 12.5 Å². The highest BCUT2D eigenvalue weighted by atomic mass is 16.5. The summed E-state index contributed by atoms with van der Waals surface area (Å²) in [4.78, 5) is 0. The molecule has 1 N–H and O–H groups in total. The standard InChI is InChI=1S/C12H17NO2/c1-14-12-4-2-10(3-5-12)6-7-13-11-8-15-9-11/h2-5,11,13H,6-9H2,1H3. The molecular formula is C12H17NO2. The fraction of sp³-hybridized carbons (Fsp3) is 0.500. The van der Waals surface area contributed by atoms with Crippen molar-refractivity contribution < 1.29 is 9.47 Å². The molecule has 0 aromatic heterocycles. The third-order valence-corrected chi connectivity index (χ3v) is 2.64. The summed E-state index contributed by atoms with van der Waals surface area (Å²) in [6.07, 6.45) is 1.06. The Morgan fingerprint density at radius 3 is 2.60 bits per heavy atom. The van der Waals surface area contributed by atoms with Gasteiger partial charge in [-0.05, 0) is 30.7 Å². The minimum Gasteiger partial charge on any atom is -0.497 e. The number of hydrogen-bond donors (Lipinski definition) is 1. The summed E-state index contributed by atoms with van der Waals surface area (Å²) in [5.41, 5.74) is 1.34. The van der Waals surface area contributed by atoms with Crippen LogP contribution >= 0.6 is 0 Å². The fourth-order valence-electron chi connectivity index (χ4n) is 1.57. The van der Waals surface area contributed by atoms with Gasteiger partial charge in [0.15, 0.2) is 0 Å². The maximum Gasteiger partial charge on any atom is 0.118 e. The van der Waals surface area contributed by atoms with E-state index in [0.29, 0.717) is 6.04 Å². The third kappa shape index (κ3) is 2.94. The zero-order valence-electron chi connectivity index (χ0n) is 9.03. The smallest absolute Gasteiger partial charge is 0.118 e. The number of rotatable bonds is 5. The third-order valence-electron chi connectivity index (χ3n) is 2.64. The second-order valence-corrected chi connectivity index (χ2v) is 3.79. The van der Waals surface area contributed by atoms with Gasteiger partial charge < -0.3 is 14.8 Å². The van der Waals surface area contributed by atoms with Gasteiger partial charge in [-0.2, -0.15) is 0 Å². The Balaban J connectivity index is 1.72. The largest absolute Gasteiger partial charge is 0.497 e. The Morgan fingerprint density at radius 2 is 2.07 bits per heavy atom. The first kappa shape index (κ1) is 10.5. The van der Waals surface area contributed by atoms with Gasteiger partial charge in [-0.25, -0.2) is 0 Å². The molecule has 1 fully saturated rings. The monoisotopic (exact) mass is 207 g/mol. The lowest BCUT2D eigenvalue weighted by Gasteiger charge is -2.26. The molecule has 15 heavy (non-hydrogen) atoms. The van der Waals surface area contributed by atoms with Gasteiger partial charge in [0.1, 0.15) is 5.75 Å². The minimum atomic E-state index is 0.572. The molecule has 1 saturated heterocycles. The highest BCUT2D eigenvalue weighted by Gasteiger charge is 2.16. The first-order valence-electron chi connectivity index (χ1n) is 5.32. The second kappa shape index (κ2) is 5.14. The van der Waals surface area contributed by atoms with Crippen LogP contribution < -0.4 is 10.1 Å². The van der Waals surface area contributed by atoms with E-state index in [-0.39, 0.29) is 0 Å². The summed E-state index contributed by atoms with van der Waals surface area (Å²) < 4.78 is 10.2. The average Bonchev–Trinajstić information content (AvgIpc) is 2.23. The SMILES string of the molecule is COc1ccc(CCNC2COC2)cc1. The minimum absolute atomic E-state index is 0.572. The van der Waals surface area contributed by atoms with Gasteiger partial charge in [0.05, 0.1) is 26.4 Å². The average molecular weight is 207 g/mol. The molecule has 0 radical (unpaired) electrons. The summed E-state index contributed by atoms with van der Waals surface area (Å²) >= 11 is 0. The number of ether oxygens (including phenoxy) is 2. The molecule has 1 heterocycles. The summed E-state index contributed by atoms with van der Waals surface area (Å²) in [5, 5.41) is 3.44. The number of nitrogens with one attached hydrogen (secondary N) is 1. The van der Waals surface area contributed by atoms with Gasteiger partial charge in [-0.3, -0.25) is 0 Å². The first-order chi connectivity index (χ1) is 7.38. The zero-order valence-corrected chi connectivity index (χ0v) is 9.03. The topological polar surface area (TPSA) is 30.5 Å². The Kier molecular flexibility index (Phi) is 3.59. The first-order valence-corrected chi connectivity index (χ1v) is 5.32. The van der Waals surface area contributed by atoms with E-state index in [1.54, 1.807) is 7.11 Å². The summed E-state index contributed by atoms with van der Waals surface area (Å²) in [5.74, 6) is 0.916. The molecule has 2 rings (SSSR count). The molecule has 0 atom stereocenters. The molecule has 1 aromatic rings. The van der Waals surface area contributed by atoms with Crippen LogP contribution in [0.4, 0.5) is 0 Å². The summed E-state index contributed by atoms with van der Waals surface area (Å²) in [6.45, 7) is 2.74. The molecule has 0 bridgehead atoms. The molecule has 3 heteroatoms. The van der Waals surface area contributed by atoms with Crippen LogP contribution in [0.15, 0.2) is 24.3 Å². The van der Waals surface area contributed by atoms with Crippen molar-refractivity contribution in [3.05, 3.63) is 29.8 Å². The van der Waals surface area contributed by atoms with Gasteiger partial charge >= 0.3 is 0 Å². The van der Waals surface area contributed by atoms with Crippen LogP contribution in [-0.2, 0) is 11.2 Å². The normalized spacial score (nSPS) is 16.1. The lowest BCUT2D eigenvalue weighted by atomic mass is 10.1. The fourth-order valence-corrected chi connectivity index (χ4v) is 1.57. The quantitative estimate of drug-likeness (QED) is 0.787. The van der Waals surface area contributed by atoms with Gasteiger partial charge in [0.2, 0.25) is 0 Å². The van der Waals surface area contributed by atoms with Crippen LogP contribution in [0.25, 0.3) is 0 Å². The van der Waals surface area contributed by atoms with E-state index >= 15 is 0 Å². The molecule has 1 aliphatic heterocycles. The maximum atomic E-state index is 5.11. The van der Waals surface area contributed by atoms with E-state index in [2.05, 4.69) is 17.4 Å². The van der Waals surface area contributed by atoms with E-state index in [1.165, 1.54) is 5.56 Å². The maximum absolute atomic E-state index is 5.11. The van der Waals surface area contributed by atoms with Crippen LogP contribution in [0.3, 0.4) is 0 Å². The molecule has 0 amide bonds.